The van der Waals surface area contributed by atoms with E-state index in [-0.39, 0.29) is 6.09 Å². The first-order valence-electron chi connectivity index (χ1n) is 9.09. The highest BCUT2D eigenvalue weighted by Gasteiger charge is 2.26. The van der Waals surface area contributed by atoms with Crippen molar-refractivity contribution in [3.8, 4) is 11.5 Å². The number of aromatic amines is 1. The Morgan fingerprint density at radius 3 is 2.85 bits per heavy atom. The van der Waals surface area contributed by atoms with Crippen molar-refractivity contribution >= 4 is 17.1 Å². The number of nitrogens with one attached hydrogen (secondary N) is 1. The van der Waals surface area contributed by atoms with Crippen LogP contribution < -0.4 is 4.74 Å². The molecule has 1 aromatic carbocycles. The van der Waals surface area contributed by atoms with Crippen LogP contribution in [-0.2, 0) is 17.7 Å². The molecular weight excluding hydrogens is 342 g/mol. The number of fused-ring (bicyclic) bond motifs is 2. The predicted molar refractivity (Wildman–Crippen MR) is 103 cm³/mol. The van der Waals surface area contributed by atoms with Crippen molar-refractivity contribution in [1.29, 1.82) is 0 Å². The maximum absolute atomic E-state index is 12.4. The third kappa shape index (κ3) is 3.74. The summed E-state index contributed by atoms with van der Waals surface area (Å²) in [7, 11) is 0. The van der Waals surface area contributed by atoms with Crippen LogP contribution in [0.2, 0.25) is 0 Å². The standard InChI is InChI=1S/C21H23N3O3/c1-21(2,3)27-20(25)24-11-8-14-4-5-16(12-15(14)13-24)26-18-7-10-23-19-17(18)6-9-22-19/h4-7,9-10,12H,8,11,13H2,1-3H3,(H,22,23). The molecule has 4 rings (SSSR count). The van der Waals surface area contributed by atoms with Crippen LogP contribution in [0.25, 0.3) is 11.0 Å². The third-order valence-electron chi connectivity index (χ3n) is 4.49. The van der Waals surface area contributed by atoms with E-state index >= 15 is 0 Å². The number of pyridine rings is 1. The molecule has 1 N–H and O–H groups in total. The van der Waals surface area contributed by atoms with E-state index in [2.05, 4.69) is 16.0 Å². The second-order valence-electron chi connectivity index (χ2n) is 7.73. The Morgan fingerprint density at radius 1 is 1.19 bits per heavy atom. The SMILES string of the molecule is CC(C)(C)OC(=O)N1CCc2ccc(Oc3ccnc4[nH]ccc34)cc2C1. The molecule has 0 fully saturated rings. The largest absolute Gasteiger partial charge is 0.457 e. The lowest BCUT2D eigenvalue weighted by atomic mass is 10.00. The van der Waals surface area contributed by atoms with Gasteiger partial charge < -0.3 is 19.4 Å². The molecule has 0 aliphatic carbocycles. The lowest BCUT2D eigenvalue weighted by molar-refractivity contribution is 0.0224. The fraction of sp³-hybridized carbons (Fsp3) is 0.333. The molecule has 27 heavy (non-hydrogen) atoms. The fourth-order valence-electron chi connectivity index (χ4n) is 3.23. The Balaban J connectivity index is 1.54. The summed E-state index contributed by atoms with van der Waals surface area (Å²) in [5.74, 6) is 1.49. The molecule has 3 aromatic rings. The Kier molecular flexibility index (Phi) is 4.26. The van der Waals surface area contributed by atoms with E-state index in [1.165, 1.54) is 5.56 Å². The first kappa shape index (κ1) is 17.4. The highest BCUT2D eigenvalue weighted by Crippen LogP contribution is 2.31. The van der Waals surface area contributed by atoms with Gasteiger partial charge in [0.2, 0.25) is 0 Å². The van der Waals surface area contributed by atoms with E-state index in [1.807, 2.05) is 51.2 Å². The van der Waals surface area contributed by atoms with Crippen LogP contribution in [0.5, 0.6) is 11.5 Å². The molecule has 0 unspecified atom stereocenters. The van der Waals surface area contributed by atoms with Crippen molar-refractivity contribution in [3.05, 3.63) is 53.9 Å². The van der Waals surface area contributed by atoms with E-state index in [9.17, 15) is 4.79 Å². The Bertz CT molecular complexity index is 988. The first-order chi connectivity index (χ1) is 12.9. The molecule has 1 aliphatic heterocycles. The number of benzene rings is 1. The topological polar surface area (TPSA) is 67.4 Å². The number of amides is 1. The Labute approximate surface area is 158 Å². The molecule has 140 valence electrons. The molecule has 0 saturated carbocycles. The molecule has 0 saturated heterocycles. The average Bonchev–Trinajstić information content (AvgIpc) is 3.09. The summed E-state index contributed by atoms with van der Waals surface area (Å²) < 4.78 is 11.6. The molecule has 6 heteroatoms. The molecule has 6 nitrogen and oxygen atoms in total. The van der Waals surface area contributed by atoms with Crippen molar-refractivity contribution in [1.82, 2.24) is 14.9 Å². The van der Waals surface area contributed by atoms with E-state index in [4.69, 9.17) is 9.47 Å². The summed E-state index contributed by atoms with van der Waals surface area (Å²) in [6, 6.07) is 9.85. The number of rotatable bonds is 2. The van der Waals surface area contributed by atoms with Gasteiger partial charge in [0.05, 0.1) is 5.39 Å². The van der Waals surface area contributed by atoms with Crippen LogP contribution in [0.1, 0.15) is 31.9 Å². The molecule has 2 aromatic heterocycles. The van der Waals surface area contributed by atoms with Crippen LogP contribution in [0.3, 0.4) is 0 Å². The van der Waals surface area contributed by atoms with Crippen LogP contribution in [0.15, 0.2) is 42.7 Å². The second kappa shape index (κ2) is 6.61. The van der Waals surface area contributed by atoms with Crippen molar-refractivity contribution < 1.29 is 14.3 Å². The minimum absolute atomic E-state index is 0.275. The summed E-state index contributed by atoms with van der Waals surface area (Å²) in [4.78, 5) is 21.5. The highest BCUT2D eigenvalue weighted by atomic mass is 16.6. The zero-order valence-electron chi connectivity index (χ0n) is 15.8. The quantitative estimate of drug-likeness (QED) is 0.718. The van der Waals surface area contributed by atoms with Crippen LogP contribution in [0, 0.1) is 0 Å². The van der Waals surface area contributed by atoms with Gasteiger partial charge in [-0.1, -0.05) is 6.07 Å². The zero-order chi connectivity index (χ0) is 19.0. The maximum atomic E-state index is 12.4. The lowest BCUT2D eigenvalue weighted by Crippen LogP contribution is -2.39. The minimum Gasteiger partial charge on any atom is -0.457 e. The molecular formula is C21H23N3O3. The van der Waals surface area contributed by atoms with E-state index in [0.29, 0.717) is 13.1 Å². The monoisotopic (exact) mass is 365 g/mol. The lowest BCUT2D eigenvalue weighted by Gasteiger charge is -2.31. The summed E-state index contributed by atoms with van der Waals surface area (Å²) in [6.07, 6.45) is 4.10. The first-order valence-corrected chi connectivity index (χ1v) is 9.09. The van der Waals surface area contributed by atoms with Crippen LogP contribution >= 0.6 is 0 Å². The number of hydrogen-bond acceptors (Lipinski definition) is 4. The molecule has 0 spiro atoms. The minimum atomic E-state index is -0.494. The smallest absolute Gasteiger partial charge is 0.410 e. The van der Waals surface area contributed by atoms with Crippen LogP contribution in [-0.4, -0.2) is 33.1 Å². The van der Waals surface area contributed by atoms with Crippen molar-refractivity contribution in [2.75, 3.05) is 6.54 Å². The van der Waals surface area contributed by atoms with Gasteiger partial charge >= 0.3 is 6.09 Å². The molecule has 0 bridgehead atoms. The number of carbonyl (C=O) groups excluding carboxylic acids is 1. The molecule has 0 radical (unpaired) electrons. The van der Waals surface area contributed by atoms with Gasteiger partial charge in [-0.15, -0.1) is 0 Å². The van der Waals surface area contributed by atoms with Gasteiger partial charge in [-0.05, 0) is 62.6 Å². The van der Waals surface area contributed by atoms with Gasteiger partial charge in [0, 0.05) is 25.5 Å². The zero-order valence-corrected chi connectivity index (χ0v) is 15.8. The van der Waals surface area contributed by atoms with Gasteiger partial charge in [0.1, 0.15) is 22.7 Å². The van der Waals surface area contributed by atoms with E-state index in [0.717, 1.165) is 34.5 Å². The van der Waals surface area contributed by atoms with Gasteiger partial charge in [-0.2, -0.15) is 0 Å². The normalized spacial score (nSPS) is 14.1. The fourth-order valence-corrected chi connectivity index (χ4v) is 3.23. The van der Waals surface area contributed by atoms with Gasteiger partial charge in [-0.3, -0.25) is 0 Å². The van der Waals surface area contributed by atoms with Crippen LogP contribution in [0.4, 0.5) is 4.79 Å². The predicted octanol–water partition coefficient (Wildman–Crippen LogP) is 4.65. The number of hydrogen-bond donors (Lipinski definition) is 1. The van der Waals surface area contributed by atoms with E-state index in [1.54, 1.807) is 11.1 Å². The number of nitrogens with zero attached hydrogens (tertiary/aromatic N) is 2. The maximum Gasteiger partial charge on any atom is 0.410 e. The summed E-state index contributed by atoms with van der Waals surface area (Å²) in [5, 5.41) is 0.936. The van der Waals surface area contributed by atoms with E-state index < -0.39 is 5.60 Å². The molecule has 1 aliphatic rings. The Morgan fingerprint density at radius 2 is 2.04 bits per heavy atom. The molecule has 0 atom stereocenters. The third-order valence-corrected chi connectivity index (χ3v) is 4.49. The van der Waals surface area contributed by atoms with Crippen molar-refractivity contribution in [2.45, 2.75) is 39.3 Å². The van der Waals surface area contributed by atoms with Crippen molar-refractivity contribution in [3.63, 3.8) is 0 Å². The highest BCUT2D eigenvalue weighted by molar-refractivity contribution is 5.82. The number of aromatic nitrogens is 2. The summed E-state index contributed by atoms with van der Waals surface area (Å²) in [5.41, 5.74) is 2.63. The summed E-state index contributed by atoms with van der Waals surface area (Å²) >= 11 is 0. The van der Waals surface area contributed by atoms with Gasteiger partial charge in [0.25, 0.3) is 0 Å². The number of ether oxygens (including phenoxy) is 2. The average molecular weight is 365 g/mol. The van der Waals surface area contributed by atoms with Crippen molar-refractivity contribution in [2.24, 2.45) is 0 Å². The van der Waals surface area contributed by atoms with Gasteiger partial charge in [-0.25, -0.2) is 9.78 Å². The number of carbonyl (C=O) groups is 1. The Hall–Kier alpha value is -3.02. The molecule has 3 heterocycles. The summed E-state index contributed by atoms with van der Waals surface area (Å²) in [6.45, 7) is 6.83. The molecule has 1 amide bonds. The second-order valence-corrected chi connectivity index (χ2v) is 7.73. The van der Waals surface area contributed by atoms with Gasteiger partial charge in [0.15, 0.2) is 0 Å². The number of H-pyrrole nitrogens is 1.